The van der Waals surface area contributed by atoms with E-state index in [1.807, 2.05) is 0 Å². The number of pyridine rings is 1. The van der Waals surface area contributed by atoms with Crippen molar-refractivity contribution in [2.75, 3.05) is 5.43 Å². The molecule has 5 nitrogen and oxygen atoms in total. The van der Waals surface area contributed by atoms with Crippen LogP contribution < -0.4 is 5.43 Å². The van der Waals surface area contributed by atoms with Gasteiger partial charge in [-0.15, -0.1) is 0 Å². The molecule has 2 aromatic heterocycles. The number of rotatable bonds is 3. The minimum atomic E-state index is -4.72. The van der Waals surface area contributed by atoms with Gasteiger partial charge >= 0.3 is 6.18 Å². The molecule has 0 spiro atoms. The van der Waals surface area contributed by atoms with E-state index in [0.717, 1.165) is 35.0 Å². The summed E-state index contributed by atoms with van der Waals surface area (Å²) in [6.07, 6.45) is -4.72. The molecule has 0 saturated carbocycles. The molecule has 0 amide bonds. The SMILES string of the molecule is Cc1c(C)c(O)n(Nc2ccc(C(F)(F)F)c(-c3ccc(F)c(Cl)c3)n2)c1O. The van der Waals surface area contributed by atoms with Crippen LogP contribution in [0.2, 0.25) is 5.02 Å². The van der Waals surface area contributed by atoms with Gasteiger partial charge in [-0.3, -0.25) is 5.43 Å². The predicted octanol–water partition coefficient (Wildman–Crippen LogP) is 5.26. The number of aromatic nitrogens is 2. The second-order valence-corrected chi connectivity index (χ2v) is 6.47. The minimum Gasteiger partial charge on any atom is -0.493 e. The summed E-state index contributed by atoms with van der Waals surface area (Å²) in [5, 5.41) is 19.8. The average molecular weight is 416 g/mol. The second-order valence-electron chi connectivity index (χ2n) is 6.06. The highest BCUT2D eigenvalue weighted by Gasteiger charge is 2.35. The van der Waals surface area contributed by atoms with Gasteiger partial charge in [0.2, 0.25) is 11.8 Å². The maximum atomic E-state index is 13.4. The van der Waals surface area contributed by atoms with Crippen LogP contribution in [0.3, 0.4) is 0 Å². The number of alkyl halides is 3. The minimum absolute atomic E-state index is 0.0457. The van der Waals surface area contributed by atoms with Gasteiger partial charge in [0, 0.05) is 16.7 Å². The summed E-state index contributed by atoms with van der Waals surface area (Å²) in [7, 11) is 0. The number of halogens is 5. The number of hydrogen-bond donors (Lipinski definition) is 3. The highest BCUT2D eigenvalue weighted by Crippen LogP contribution is 2.38. The fourth-order valence-electron chi connectivity index (χ4n) is 2.61. The molecular weight excluding hydrogens is 402 g/mol. The molecule has 0 atom stereocenters. The Morgan fingerprint density at radius 2 is 1.64 bits per heavy atom. The lowest BCUT2D eigenvalue weighted by molar-refractivity contribution is -0.137. The first-order valence-electron chi connectivity index (χ1n) is 7.91. The molecule has 2 heterocycles. The molecule has 3 aromatic rings. The van der Waals surface area contributed by atoms with Crippen LogP contribution in [0.25, 0.3) is 11.3 Å². The van der Waals surface area contributed by atoms with Gasteiger partial charge < -0.3 is 10.2 Å². The van der Waals surface area contributed by atoms with Crippen molar-refractivity contribution < 1.29 is 27.8 Å². The van der Waals surface area contributed by atoms with Gasteiger partial charge in [-0.05, 0) is 44.2 Å². The summed E-state index contributed by atoms with van der Waals surface area (Å²) in [5.74, 6) is -1.50. The zero-order valence-electron chi connectivity index (χ0n) is 14.6. The zero-order chi connectivity index (χ0) is 20.8. The molecule has 0 saturated heterocycles. The summed E-state index contributed by atoms with van der Waals surface area (Å²) in [6.45, 7) is 3.13. The molecule has 0 unspecified atom stereocenters. The molecule has 10 heteroatoms. The lowest BCUT2D eigenvalue weighted by atomic mass is 10.1. The third-order valence-corrected chi connectivity index (χ3v) is 4.57. The first-order valence-corrected chi connectivity index (χ1v) is 8.29. The van der Waals surface area contributed by atoms with Gasteiger partial charge in [-0.1, -0.05) is 11.6 Å². The lowest BCUT2D eigenvalue weighted by Crippen LogP contribution is -2.13. The van der Waals surface area contributed by atoms with E-state index in [4.69, 9.17) is 11.6 Å². The van der Waals surface area contributed by atoms with E-state index < -0.39 is 23.3 Å². The smallest absolute Gasteiger partial charge is 0.418 e. The topological polar surface area (TPSA) is 70.3 Å². The fraction of sp³-hybridized carbons (Fsp3) is 0.167. The van der Waals surface area contributed by atoms with Gasteiger partial charge in [0.1, 0.15) is 11.6 Å². The Labute approximate surface area is 161 Å². The Hall–Kier alpha value is -2.94. The largest absolute Gasteiger partial charge is 0.493 e. The van der Waals surface area contributed by atoms with Crippen LogP contribution in [0.15, 0.2) is 30.3 Å². The van der Waals surface area contributed by atoms with Crippen LogP contribution in [0.1, 0.15) is 16.7 Å². The molecule has 3 rings (SSSR count). The number of nitrogens with one attached hydrogen (secondary N) is 1. The number of nitrogens with zero attached hydrogens (tertiary/aromatic N) is 2. The average Bonchev–Trinajstić information content (AvgIpc) is 2.81. The highest BCUT2D eigenvalue weighted by molar-refractivity contribution is 6.31. The van der Waals surface area contributed by atoms with Crippen LogP contribution in [0.4, 0.5) is 23.4 Å². The van der Waals surface area contributed by atoms with E-state index in [2.05, 4.69) is 10.4 Å². The monoisotopic (exact) mass is 415 g/mol. The summed E-state index contributed by atoms with van der Waals surface area (Å²) in [4.78, 5) is 3.94. The van der Waals surface area contributed by atoms with Crippen molar-refractivity contribution in [3.05, 3.63) is 57.9 Å². The van der Waals surface area contributed by atoms with E-state index in [1.165, 1.54) is 0 Å². The molecular formula is C18H14ClF4N3O2. The summed E-state index contributed by atoms with van der Waals surface area (Å²) in [6, 6.07) is 4.94. The molecule has 0 aliphatic rings. The van der Waals surface area contributed by atoms with Crippen LogP contribution in [0, 0.1) is 19.7 Å². The molecule has 0 fully saturated rings. The highest BCUT2D eigenvalue weighted by atomic mass is 35.5. The van der Waals surface area contributed by atoms with Crippen molar-refractivity contribution in [1.29, 1.82) is 0 Å². The number of aromatic hydroxyl groups is 2. The Morgan fingerprint density at radius 1 is 1.04 bits per heavy atom. The first kappa shape index (κ1) is 19.8. The maximum absolute atomic E-state index is 13.4. The molecule has 0 aliphatic heterocycles. The Morgan fingerprint density at radius 3 is 2.18 bits per heavy atom. The maximum Gasteiger partial charge on any atom is 0.418 e. The number of anilines is 1. The molecule has 3 N–H and O–H groups in total. The summed E-state index contributed by atoms with van der Waals surface area (Å²) in [5.41, 5.74) is 1.75. The van der Waals surface area contributed by atoms with Crippen LogP contribution >= 0.6 is 11.6 Å². The quantitative estimate of drug-likeness (QED) is 0.510. The molecule has 0 radical (unpaired) electrons. The van der Waals surface area contributed by atoms with Crippen LogP contribution in [-0.4, -0.2) is 19.9 Å². The normalized spacial score (nSPS) is 11.7. The number of hydrogen-bond acceptors (Lipinski definition) is 4. The zero-order valence-corrected chi connectivity index (χ0v) is 15.3. The molecule has 148 valence electrons. The van der Waals surface area contributed by atoms with E-state index in [0.29, 0.717) is 11.1 Å². The van der Waals surface area contributed by atoms with Gasteiger partial charge in [-0.2, -0.15) is 17.8 Å². The Bertz CT molecular complexity index is 1040. The molecule has 0 aliphatic carbocycles. The van der Waals surface area contributed by atoms with Crippen molar-refractivity contribution in [2.24, 2.45) is 0 Å². The van der Waals surface area contributed by atoms with E-state index in [-0.39, 0.29) is 28.2 Å². The van der Waals surface area contributed by atoms with E-state index in [9.17, 15) is 27.8 Å². The van der Waals surface area contributed by atoms with Gasteiger partial charge in [-0.25, -0.2) is 9.37 Å². The third kappa shape index (κ3) is 3.45. The molecule has 1 aromatic carbocycles. The van der Waals surface area contributed by atoms with E-state index in [1.54, 1.807) is 13.8 Å². The molecule has 0 bridgehead atoms. The van der Waals surface area contributed by atoms with Crippen molar-refractivity contribution in [3.63, 3.8) is 0 Å². The van der Waals surface area contributed by atoms with Crippen molar-refractivity contribution in [3.8, 4) is 23.0 Å². The van der Waals surface area contributed by atoms with Crippen LogP contribution in [-0.2, 0) is 6.18 Å². The fourth-order valence-corrected chi connectivity index (χ4v) is 2.79. The van der Waals surface area contributed by atoms with Gasteiger partial charge in [0.15, 0.2) is 0 Å². The summed E-state index contributed by atoms with van der Waals surface area (Å²) < 4.78 is 54.5. The third-order valence-electron chi connectivity index (χ3n) is 4.28. The van der Waals surface area contributed by atoms with Gasteiger partial charge in [0.05, 0.1) is 16.3 Å². The standard InChI is InChI=1S/C18H14ClF4N3O2/c1-8-9(2)17(28)26(16(8)27)25-14-6-4-11(18(21,22)23)15(24-14)10-3-5-13(20)12(19)7-10/h3-7,27-28H,1-2H3,(H,24,25). The second kappa shape index (κ2) is 6.90. The number of benzene rings is 1. The first-order chi connectivity index (χ1) is 13.0. The predicted molar refractivity (Wildman–Crippen MR) is 95.9 cm³/mol. The summed E-state index contributed by atoms with van der Waals surface area (Å²) >= 11 is 5.69. The lowest BCUT2D eigenvalue weighted by Gasteiger charge is -2.16. The Balaban J connectivity index is 2.13. The van der Waals surface area contributed by atoms with Gasteiger partial charge in [0.25, 0.3) is 0 Å². The van der Waals surface area contributed by atoms with Crippen molar-refractivity contribution >= 4 is 17.4 Å². The van der Waals surface area contributed by atoms with Crippen LogP contribution in [0.5, 0.6) is 11.8 Å². The van der Waals surface area contributed by atoms with Crippen molar-refractivity contribution in [1.82, 2.24) is 9.66 Å². The Kier molecular flexibility index (Phi) is 4.88. The molecule has 28 heavy (non-hydrogen) atoms. The van der Waals surface area contributed by atoms with E-state index >= 15 is 0 Å². The van der Waals surface area contributed by atoms with Crippen molar-refractivity contribution in [2.45, 2.75) is 20.0 Å².